The molecule has 0 bridgehead atoms. The van der Waals surface area contributed by atoms with E-state index in [1.54, 1.807) is 12.4 Å². The SMILES string of the molecule is C1=NCC(c2cccnc2)O1. The Morgan fingerprint density at radius 2 is 2.55 bits per heavy atom. The molecule has 2 heterocycles. The van der Waals surface area contributed by atoms with E-state index >= 15 is 0 Å². The molecule has 0 saturated heterocycles. The van der Waals surface area contributed by atoms with E-state index in [1.807, 2.05) is 12.1 Å². The minimum Gasteiger partial charge on any atom is -0.474 e. The van der Waals surface area contributed by atoms with Crippen molar-refractivity contribution in [3.05, 3.63) is 30.1 Å². The maximum atomic E-state index is 5.21. The van der Waals surface area contributed by atoms with Gasteiger partial charge in [-0.05, 0) is 6.07 Å². The molecule has 0 aromatic carbocycles. The minimum atomic E-state index is 0.0868. The first-order valence-corrected chi connectivity index (χ1v) is 3.50. The van der Waals surface area contributed by atoms with Gasteiger partial charge in [-0.3, -0.25) is 9.98 Å². The Labute approximate surface area is 64.7 Å². The minimum absolute atomic E-state index is 0.0868. The zero-order valence-corrected chi connectivity index (χ0v) is 5.97. The highest BCUT2D eigenvalue weighted by Gasteiger charge is 2.14. The molecule has 0 spiro atoms. The van der Waals surface area contributed by atoms with Crippen LogP contribution in [0.25, 0.3) is 0 Å². The lowest BCUT2D eigenvalue weighted by Gasteiger charge is -2.06. The van der Waals surface area contributed by atoms with Crippen molar-refractivity contribution in [3.8, 4) is 0 Å². The molecule has 1 unspecified atom stereocenters. The summed E-state index contributed by atoms with van der Waals surface area (Å²) in [5.74, 6) is 0. The fourth-order valence-electron chi connectivity index (χ4n) is 1.05. The average molecular weight is 148 g/mol. The third-order valence-electron chi connectivity index (χ3n) is 1.63. The Morgan fingerprint density at radius 1 is 1.55 bits per heavy atom. The number of aliphatic imine (C=N–C) groups is 1. The van der Waals surface area contributed by atoms with Crippen molar-refractivity contribution in [1.29, 1.82) is 0 Å². The molecule has 2 rings (SSSR count). The maximum Gasteiger partial charge on any atom is 0.170 e. The average Bonchev–Trinajstić information content (AvgIpc) is 2.58. The summed E-state index contributed by atoms with van der Waals surface area (Å²) in [5, 5.41) is 0. The Kier molecular flexibility index (Phi) is 1.55. The van der Waals surface area contributed by atoms with Crippen LogP contribution in [0.4, 0.5) is 0 Å². The second-order valence-corrected chi connectivity index (χ2v) is 2.38. The number of rotatable bonds is 1. The van der Waals surface area contributed by atoms with Crippen LogP contribution >= 0.6 is 0 Å². The first kappa shape index (κ1) is 6.34. The lowest BCUT2D eigenvalue weighted by atomic mass is 10.2. The van der Waals surface area contributed by atoms with E-state index in [0.717, 1.165) is 5.56 Å². The molecule has 1 aromatic heterocycles. The molecule has 56 valence electrons. The van der Waals surface area contributed by atoms with Gasteiger partial charge in [0.15, 0.2) is 6.40 Å². The summed E-state index contributed by atoms with van der Waals surface area (Å²) in [6.07, 6.45) is 5.14. The van der Waals surface area contributed by atoms with Crippen molar-refractivity contribution in [2.45, 2.75) is 6.10 Å². The lowest BCUT2D eigenvalue weighted by Crippen LogP contribution is -2.00. The first-order chi connectivity index (χ1) is 5.47. The number of aromatic nitrogens is 1. The summed E-state index contributed by atoms with van der Waals surface area (Å²) >= 11 is 0. The lowest BCUT2D eigenvalue weighted by molar-refractivity contribution is 0.239. The molecule has 3 nitrogen and oxygen atoms in total. The van der Waals surface area contributed by atoms with Gasteiger partial charge in [-0.15, -0.1) is 0 Å². The van der Waals surface area contributed by atoms with Crippen LogP contribution in [0.2, 0.25) is 0 Å². The van der Waals surface area contributed by atoms with Gasteiger partial charge < -0.3 is 4.74 Å². The molecule has 0 aliphatic carbocycles. The molecule has 1 aliphatic heterocycles. The molecular formula is C8H8N2O. The summed E-state index contributed by atoms with van der Waals surface area (Å²) in [6.45, 7) is 0.714. The van der Waals surface area contributed by atoms with Gasteiger partial charge >= 0.3 is 0 Å². The summed E-state index contributed by atoms with van der Waals surface area (Å²) in [4.78, 5) is 7.96. The van der Waals surface area contributed by atoms with Crippen molar-refractivity contribution in [2.75, 3.05) is 6.54 Å². The molecule has 1 atom stereocenters. The number of hydrogen-bond acceptors (Lipinski definition) is 3. The second-order valence-electron chi connectivity index (χ2n) is 2.38. The van der Waals surface area contributed by atoms with Crippen LogP contribution in [0.5, 0.6) is 0 Å². The Balaban J connectivity index is 2.17. The molecule has 1 aromatic rings. The normalized spacial score (nSPS) is 21.6. The molecule has 0 N–H and O–H groups in total. The molecule has 0 amide bonds. The molecule has 11 heavy (non-hydrogen) atoms. The number of hydrogen-bond donors (Lipinski definition) is 0. The zero-order chi connectivity index (χ0) is 7.52. The molecule has 3 heteroatoms. The van der Waals surface area contributed by atoms with E-state index in [0.29, 0.717) is 6.54 Å². The quantitative estimate of drug-likeness (QED) is 0.599. The summed E-state index contributed by atoms with van der Waals surface area (Å²) in [6, 6.07) is 3.89. The van der Waals surface area contributed by atoms with Crippen molar-refractivity contribution >= 4 is 6.40 Å². The van der Waals surface area contributed by atoms with Crippen LogP contribution in [0.3, 0.4) is 0 Å². The van der Waals surface area contributed by atoms with Crippen molar-refractivity contribution < 1.29 is 4.74 Å². The van der Waals surface area contributed by atoms with Gasteiger partial charge in [-0.25, -0.2) is 0 Å². The maximum absolute atomic E-state index is 5.21. The van der Waals surface area contributed by atoms with Gasteiger partial charge in [0.25, 0.3) is 0 Å². The highest BCUT2D eigenvalue weighted by Crippen LogP contribution is 2.18. The third-order valence-corrected chi connectivity index (χ3v) is 1.63. The molecule has 0 fully saturated rings. The fourth-order valence-corrected chi connectivity index (χ4v) is 1.05. The topological polar surface area (TPSA) is 34.5 Å². The molecule has 1 aliphatic rings. The second kappa shape index (κ2) is 2.70. The van der Waals surface area contributed by atoms with Gasteiger partial charge in [-0.1, -0.05) is 6.07 Å². The van der Waals surface area contributed by atoms with E-state index in [4.69, 9.17) is 4.74 Å². The first-order valence-electron chi connectivity index (χ1n) is 3.50. The Hall–Kier alpha value is -1.38. The van der Waals surface area contributed by atoms with Gasteiger partial charge in [0.2, 0.25) is 0 Å². The highest BCUT2D eigenvalue weighted by molar-refractivity contribution is 5.49. The predicted molar refractivity (Wildman–Crippen MR) is 41.4 cm³/mol. The number of pyridine rings is 1. The predicted octanol–water partition coefficient (Wildman–Crippen LogP) is 1.18. The van der Waals surface area contributed by atoms with E-state index in [9.17, 15) is 0 Å². The number of nitrogens with zero attached hydrogens (tertiary/aromatic N) is 2. The van der Waals surface area contributed by atoms with Crippen molar-refractivity contribution in [3.63, 3.8) is 0 Å². The van der Waals surface area contributed by atoms with Crippen LogP contribution in [-0.4, -0.2) is 17.9 Å². The smallest absolute Gasteiger partial charge is 0.170 e. The third kappa shape index (κ3) is 1.22. The van der Waals surface area contributed by atoms with Gasteiger partial charge in [-0.2, -0.15) is 0 Å². The Morgan fingerprint density at radius 3 is 3.18 bits per heavy atom. The standard InChI is InChI=1S/C8H8N2O/c1-2-7(4-9-3-1)8-5-10-6-11-8/h1-4,6,8H,5H2. The molecule has 0 saturated carbocycles. The molecular weight excluding hydrogens is 140 g/mol. The van der Waals surface area contributed by atoms with Gasteiger partial charge in [0.1, 0.15) is 6.10 Å². The van der Waals surface area contributed by atoms with Crippen LogP contribution < -0.4 is 0 Å². The Bertz CT molecular complexity index is 250. The van der Waals surface area contributed by atoms with E-state index in [-0.39, 0.29) is 6.10 Å². The van der Waals surface area contributed by atoms with E-state index < -0.39 is 0 Å². The van der Waals surface area contributed by atoms with Crippen LogP contribution in [0.15, 0.2) is 29.5 Å². The summed E-state index contributed by atoms with van der Waals surface area (Å²) in [7, 11) is 0. The summed E-state index contributed by atoms with van der Waals surface area (Å²) in [5.41, 5.74) is 1.09. The van der Waals surface area contributed by atoms with Gasteiger partial charge in [0, 0.05) is 18.0 Å². The molecule has 0 radical (unpaired) electrons. The van der Waals surface area contributed by atoms with Crippen molar-refractivity contribution in [1.82, 2.24) is 4.98 Å². The van der Waals surface area contributed by atoms with Crippen LogP contribution in [-0.2, 0) is 4.74 Å². The van der Waals surface area contributed by atoms with Crippen LogP contribution in [0, 0.1) is 0 Å². The van der Waals surface area contributed by atoms with Gasteiger partial charge in [0.05, 0.1) is 6.54 Å². The van der Waals surface area contributed by atoms with E-state index in [1.165, 1.54) is 6.40 Å². The summed E-state index contributed by atoms with van der Waals surface area (Å²) < 4.78 is 5.21. The monoisotopic (exact) mass is 148 g/mol. The number of ether oxygens (including phenoxy) is 1. The fraction of sp³-hybridized carbons (Fsp3) is 0.250. The highest BCUT2D eigenvalue weighted by atomic mass is 16.5. The van der Waals surface area contributed by atoms with Crippen LogP contribution in [0.1, 0.15) is 11.7 Å². The largest absolute Gasteiger partial charge is 0.474 e. The zero-order valence-electron chi connectivity index (χ0n) is 5.97. The van der Waals surface area contributed by atoms with E-state index in [2.05, 4.69) is 9.98 Å². The van der Waals surface area contributed by atoms with Crippen molar-refractivity contribution in [2.24, 2.45) is 4.99 Å².